The van der Waals surface area contributed by atoms with Crippen LogP contribution < -0.4 is 15.5 Å². The van der Waals surface area contributed by atoms with Crippen molar-refractivity contribution in [3.63, 3.8) is 0 Å². The maximum Gasteiger partial charge on any atom is 0.118 e. The van der Waals surface area contributed by atoms with Crippen LogP contribution in [0.2, 0.25) is 10.0 Å². The Bertz CT molecular complexity index is 734. The van der Waals surface area contributed by atoms with Crippen LogP contribution in [0, 0.1) is 0 Å². The second-order valence-electron chi connectivity index (χ2n) is 5.30. The highest BCUT2D eigenvalue weighted by atomic mass is 35.5. The number of methoxy groups -OCH3 is 1. The van der Waals surface area contributed by atoms with E-state index in [0.717, 1.165) is 29.1 Å². The van der Waals surface area contributed by atoms with Gasteiger partial charge in [0.1, 0.15) is 5.75 Å². The van der Waals surface area contributed by atoms with Gasteiger partial charge in [-0.3, -0.25) is 5.01 Å². The third kappa shape index (κ3) is 3.78. The van der Waals surface area contributed by atoms with Crippen LogP contribution in [0.25, 0.3) is 0 Å². The van der Waals surface area contributed by atoms with E-state index in [9.17, 15) is 0 Å². The van der Waals surface area contributed by atoms with Gasteiger partial charge < -0.3 is 10.5 Å². The largest absolute Gasteiger partial charge is 0.497 e. The normalized spacial score (nSPS) is 16.6. The summed E-state index contributed by atoms with van der Waals surface area (Å²) in [4.78, 5) is 0. The molecule has 2 aromatic rings. The summed E-state index contributed by atoms with van der Waals surface area (Å²) >= 11 is 12.3. The highest BCUT2D eigenvalue weighted by Crippen LogP contribution is 2.39. The van der Waals surface area contributed by atoms with Crippen LogP contribution >= 0.6 is 35.6 Å². The fourth-order valence-electron chi connectivity index (χ4n) is 2.67. The third-order valence-corrected chi connectivity index (χ3v) is 4.40. The summed E-state index contributed by atoms with van der Waals surface area (Å²) in [5.41, 5.74) is 8.68. The lowest BCUT2D eigenvalue weighted by atomic mass is 10.0. The van der Waals surface area contributed by atoms with Crippen molar-refractivity contribution >= 4 is 47.0 Å². The Hall–Kier alpha value is -1.46. The van der Waals surface area contributed by atoms with Gasteiger partial charge in [0.25, 0.3) is 0 Å². The van der Waals surface area contributed by atoms with Crippen molar-refractivity contribution in [2.45, 2.75) is 12.5 Å². The number of nitrogens with zero attached hydrogens (tertiary/aromatic N) is 2. The van der Waals surface area contributed by atoms with Crippen LogP contribution in [0.1, 0.15) is 18.0 Å². The maximum atomic E-state index is 6.35. The topological polar surface area (TPSA) is 50.9 Å². The van der Waals surface area contributed by atoms with Gasteiger partial charge in [0.15, 0.2) is 0 Å². The molecule has 0 unspecified atom stereocenters. The Morgan fingerprint density at radius 1 is 1.21 bits per heavy atom. The zero-order valence-corrected chi connectivity index (χ0v) is 15.4. The molecule has 2 aromatic carbocycles. The minimum Gasteiger partial charge on any atom is -0.497 e. The number of hydrogen-bond acceptors (Lipinski definition) is 4. The van der Waals surface area contributed by atoms with Gasteiger partial charge in [-0.25, -0.2) is 0 Å². The lowest BCUT2D eigenvalue weighted by Crippen LogP contribution is -2.19. The fourth-order valence-corrected chi connectivity index (χ4v) is 3.17. The predicted molar refractivity (Wildman–Crippen MR) is 103 cm³/mol. The van der Waals surface area contributed by atoms with Crippen LogP contribution in [0.15, 0.2) is 47.6 Å². The van der Waals surface area contributed by atoms with E-state index >= 15 is 0 Å². The molecule has 0 fully saturated rings. The summed E-state index contributed by atoms with van der Waals surface area (Å²) in [7, 11) is 1.65. The van der Waals surface area contributed by atoms with Gasteiger partial charge >= 0.3 is 0 Å². The van der Waals surface area contributed by atoms with Crippen molar-refractivity contribution in [3.8, 4) is 5.75 Å². The molecule has 1 heterocycles. The molecule has 1 aliphatic heterocycles. The quantitative estimate of drug-likeness (QED) is 0.829. The predicted octanol–water partition coefficient (Wildman–Crippen LogP) is 4.69. The zero-order chi connectivity index (χ0) is 16.4. The molecule has 128 valence electrons. The average molecular weight is 387 g/mol. The molecule has 7 heteroatoms. The van der Waals surface area contributed by atoms with E-state index in [0.29, 0.717) is 16.6 Å². The summed E-state index contributed by atoms with van der Waals surface area (Å²) < 4.78 is 5.22. The average Bonchev–Trinajstić information content (AvgIpc) is 2.99. The van der Waals surface area contributed by atoms with E-state index < -0.39 is 0 Å². The first kappa shape index (κ1) is 18.9. The Morgan fingerprint density at radius 2 is 1.92 bits per heavy atom. The standard InChI is InChI=1S/C17H17Cl2N3O.ClH/c1-23-14-5-2-11(3-6-14)17-9-13(10-20)21-22(17)16-7-4-12(18)8-15(16)19;/h2-8,17H,9-10,20H2,1H3;1H/t17-;/m0./s1. The summed E-state index contributed by atoms with van der Waals surface area (Å²) in [5.74, 6) is 0.822. The molecule has 0 saturated carbocycles. The number of halogens is 3. The minimum absolute atomic E-state index is 0. The lowest BCUT2D eigenvalue weighted by Gasteiger charge is -2.25. The SMILES string of the molecule is COc1ccc([C@@H]2CC(CN)=NN2c2ccc(Cl)cc2Cl)cc1.Cl. The second-order valence-corrected chi connectivity index (χ2v) is 6.15. The molecule has 4 nitrogen and oxygen atoms in total. The van der Waals surface area contributed by atoms with E-state index in [1.165, 1.54) is 0 Å². The molecule has 1 atom stereocenters. The molecule has 0 saturated heterocycles. The van der Waals surface area contributed by atoms with Crippen LogP contribution in [0.3, 0.4) is 0 Å². The summed E-state index contributed by atoms with van der Waals surface area (Å²) in [6, 6.07) is 13.4. The number of nitrogens with two attached hydrogens (primary N) is 1. The van der Waals surface area contributed by atoms with E-state index in [2.05, 4.69) is 5.10 Å². The molecule has 1 aliphatic rings. The van der Waals surface area contributed by atoms with Gasteiger partial charge in [0, 0.05) is 18.0 Å². The first-order valence-electron chi connectivity index (χ1n) is 7.27. The van der Waals surface area contributed by atoms with Gasteiger partial charge in [0.05, 0.1) is 29.6 Å². The van der Waals surface area contributed by atoms with Crippen LogP contribution in [0.5, 0.6) is 5.75 Å². The summed E-state index contributed by atoms with van der Waals surface area (Å²) in [6.07, 6.45) is 0.766. The Kier molecular flexibility index (Phi) is 6.35. The van der Waals surface area contributed by atoms with E-state index in [-0.39, 0.29) is 18.4 Å². The Morgan fingerprint density at radius 3 is 2.50 bits per heavy atom. The first-order valence-corrected chi connectivity index (χ1v) is 8.02. The Labute approximate surface area is 157 Å². The fraction of sp³-hybridized carbons (Fsp3) is 0.235. The van der Waals surface area contributed by atoms with E-state index in [1.807, 2.05) is 41.4 Å². The molecule has 0 aliphatic carbocycles. The molecular weight excluding hydrogens is 369 g/mol. The van der Waals surface area contributed by atoms with Crippen molar-refractivity contribution in [3.05, 3.63) is 58.1 Å². The zero-order valence-electron chi connectivity index (χ0n) is 13.1. The highest BCUT2D eigenvalue weighted by Gasteiger charge is 2.29. The van der Waals surface area contributed by atoms with Gasteiger partial charge in [-0.1, -0.05) is 35.3 Å². The number of anilines is 1. The smallest absolute Gasteiger partial charge is 0.118 e. The van der Waals surface area contributed by atoms with Crippen LogP contribution in [-0.4, -0.2) is 19.4 Å². The molecule has 0 bridgehead atoms. The Balaban J connectivity index is 0.00000208. The van der Waals surface area contributed by atoms with Gasteiger partial charge in [-0.2, -0.15) is 5.10 Å². The van der Waals surface area contributed by atoms with Crippen molar-refractivity contribution in [1.29, 1.82) is 0 Å². The molecular formula is C17H18Cl3N3O. The monoisotopic (exact) mass is 385 g/mol. The number of rotatable bonds is 4. The minimum atomic E-state index is 0. The molecule has 2 N–H and O–H groups in total. The molecule has 0 amide bonds. The van der Waals surface area contributed by atoms with Crippen LogP contribution in [0.4, 0.5) is 5.69 Å². The number of ether oxygens (including phenoxy) is 1. The number of hydrazone groups is 1. The molecule has 0 aromatic heterocycles. The van der Waals surface area contributed by atoms with Crippen LogP contribution in [-0.2, 0) is 0 Å². The molecule has 3 rings (SSSR count). The highest BCUT2D eigenvalue weighted by molar-refractivity contribution is 6.36. The molecule has 24 heavy (non-hydrogen) atoms. The van der Waals surface area contributed by atoms with Crippen molar-refractivity contribution in [1.82, 2.24) is 0 Å². The van der Waals surface area contributed by atoms with Crippen molar-refractivity contribution in [2.24, 2.45) is 10.8 Å². The molecule has 0 radical (unpaired) electrons. The third-order valence-electron chi connectivity index (χ3n) is 3.87. The number of benzene rings is 2. The lowest BCUT2D eigenvalue weighted by molar-refractivity contribution is 0.414. The summed E-state index contributed by atoms with van der Waals surface area (Å²) in [6.45, 7) is 0.425. The first-order chi connectivity index (χ1) is 11.1. The van der Waals surface area contributed by atoms with E-state index in [4.69, 9.17) is 33.7 Å². The van der Waals surface area contributed by atoms with Gasteiger partial charge in [-0.15, -0.1) is 12.4 Å². The van der Waals surface area contributed by atoms with Crippen molar-refractivity contribution in [2.75, 3.05) is 18.7 Å². The van der Waals surface area contributed by atoms with E-state index in [1.54, 1.807) is 13.2 Å². The summed E-state index contributed by atoms with van der Waals surface area (Å²) in [5, 5.41) is 7.72. The maximum absolute atomic E-state index is 6.35. The number of hydrogen-bond donors (Lipinski definition) is 1. The second kappa shape index (κ2) is 8.08. The van der Waals surface area contributed by atoms with Crippen molar-refractivity contribution < 1.29 is 4.74 Å². The van der Waals surface area contributed by atoms with Gasteiger partial charge in [0.2, 0.25) is 0 Å². The van der Waals surface area contributed by atoms with Gasteiger partial charge in [-0.05, 0) is 35.9 Å². The molecule has 0 spiro atoms.